The summed E-state index contributed by atoms with van der Waals surface area (Å²) in [6.07, 6.45) is 0.591. The summed E-state index contributed by atoms with van der Waals surface area (Å²) in [7, 11) is 0. The number of likely N-dealkylation sites (tertiary alicyclic amines) is 1. The van der Waals surface area contributed by atoms with E-state index in [9.17, 15) is 14.4 Å². The van der Waals surface area contributed by atoms with Crippen molar-refractivity contribution in [1.29, 1.82) is 0 Å². The number of rotatable bonds is 5. The highest BCUT2D eigenvalue weighted by Gasteiger charge is 2.43. The van der Waals surface area contributed by atoms with Gasteiger partial charge in [-0.05, 0) is 13.3 Å². The van der Waals surface area contributed by atoms with Crippen LogP contribution in [0.25, 0.3) is 0 Å². The maximum Gasteiger partial charge on any atom is 0.322 e. The minimum absolute atomic E-state index is 0.247. The van der Waals surface area contributed by atoms with E-state index in [0.29, 0.717) is 13.0 Å². The number of carbonyl (C=O) groups is 3. The van der Waals surface area contributed by atoms with Gasteiger partial charge in [-0.2, -0.15) is 0 Å². The van der Waals surface area contributed by atoms with Crippen molar-refractivity contribution >= 4 is 29.1 Å². The summed E-state index contributed by atoms with van der Waals surface area (Å²) >= 11 is 1.41. The molecule has 1 fully saturated rings. The fourth-order valence-corrected chi connectivity index (χ4v) is 3.23. The van der Waals surface area contributed by atoms with E-state index < -0.39 is 30.5 Å². The Morgan fingerprint density at radius 2 is 2.32 bits per heavy atom. The Hall–Kier alpha value is -2.00. The standard InChI is InChI=1S/C13H18N4O4S/c1-7(14)13(21)17-3-2-8(9-5-22-6-16-9)11(17)12(20)15-4-10(18)19/h5-8,11H,2-4,14H2,1H3,(H,15,20)(H,18,19)/t7-,8?,11-/m0/s1. The van der Waals surface area contributed by atoms with Crippen molar-refractivity contribution in [2.45, 2.75) is 31.3 Å². The quantitative estimate of drug-likeness (QED) is 0.662. The lowest BCUT2D eigenvalue weighted by Gasteiger charge is -2.27. The molecule has 0 spiro atoms. The summed E-state index contributed by atoms with van der Waals surface area (Å²) in [5, 5.41) is 12.9. The molecule has 3 atom stereocenters. The summed E-state index contributed by atoms with van der Waals surface area (Å²) in [5.41, 5.74) is 8.03. The first kappa shape index (κ1) is 16.4. The fraction of sp³-hybridized carbons (Fsp3) is 0.538. The summed E-state index contributed by atoms with van der Waals surface area (Å²) in [6.45, 7) is 1.47. The molecule has 2 heterocycles. The van der Waals surface area contributed by atoms with Crippen molar-refractivity contribution in [2.75, 3.05) is 13.1 Å². The monoisotopic (exact) mass is 326 g/mol. The highest BCUT2D eigenvalue weighted by atomic mass is 32.1. The average Bonchev–Trinajstić information content (AvgIpc) is 3.11. The number of hydrogen-bond donors (Lipinski definition) is 3. The molecule has 9 heteroatoms. The first-order valence-corrected chi connectivity index (χ1v) is 7.79. The third-order valence-corrected chi connectivity index (χ3v) is 4.19. The first-order valence-electron chi connectivity index (χ1n) is 6.85. The molecule has 0 bridgehead atoms. The average molecular weight is 326 g/mol. The maximum absolute atomic E-state index is 12.4. The molecular weight excluding hydrogens is 308 g/mol. The van der Waals surface area contributed by atoms with Gasteiger partial charge in [-0.1, -0.05) is 0 Å². The van der Waals surface area contributed by atoms with Crippen LogP contribution in [0, 0.1) is 0 Å². The van der Waals surface area contributed by atoms with E-state index in [4.69, 9.17) is 10.8 Å². The van der Waals surface area contributed by atoms with Gasteiger partial charge in [0.25, 0.3) is 0 Å². The van der Waals surface area contributed by atoms with E-state index in [1.54, 1.807) is 12.4 Å². The number of carboxylic acid groups (broad SMARTS) is 1. The number of carbonyl (C=O) groups excluding carboxylic acids is 2. The minimum Gasteiger partial charge on any atom is -0.480 e. The number of nitrogens with one attached hydrogen (secondary N) is 1. The van der Waals surface area contributed by atoms with E-state index in [1.165, 1.54) is 16.2 Å². The van der Waals surface area contributed by atoms with Gasteiger partial charge >= 0.3 is 5.97 Å². The number of aromatic nitrogens is 1. The number of carboxylic acids is 1. The van der Waals surface area contributed by atoms with Crippen molar-refractivity contribution in [1.82, 2.24) is 15.2 Å². The second-order valence-corrected chi connectivity index (χ2v) is 5.90. The van der Waals surface area contributed by atoms with E-state index >= 15 is 0 Å². The summed E-state index contributed by atoms with van der Waals surface area (Å²) in [5.74, 6) is -2.20. The Morgan fingerprint density at radius 1 is 1.59 bits per heavy atom. The van der Waals surface area contributed by atoms with Gasteiger partial charge in [-0.3, -0.25) is 14.4 Å². The van der Waals surface area contributed by atoms with Crippen LogP contribution in [0.2, 0.25) is 0 Å². The lowest BCUT2D eigenvalue weighted by molar-refractivity contribution is -0.141. The topological polar surface area (TPSA) is 126 Å². The zero-order chi connectivity index (χ0) is 16.3. The normalized spacial score (nSPS) is 22.4. The second-order valence-electron chi connectivity index (χ2n) is 5.19. The fourth-order valence-electron chi connectivity index (χ4n) is 2.61. The smallest absolute Gasteiger partial charge is 0.322 e. The molecule has 1 unspecified atom stereocenters. The molecule has 1 saturated heterocycles. The molecule has 0 aliphatic carbocycles. The van der Waals surface area contributed by atoms with Gasteiger partial charge in [0.05, 0.1) is 17.2 Å². The van der Waals surface area contributed by atoms with Crippen LogP contribution in [-0.2, 0) is 14.4 Å². The van der Waals surface area contributed by atoms with Gasteiger partial charge in [0.1, 0.15) is 12.6 Å². The van der Waals surface area contributed by atoms with Gasteiger partial charge in [0.15, 0.2) is 0 Å². The molecule has 1 aromatic heterocycles. The summed E-state index contributed by atoms with van der Waals surface area (Å²) < 4.78 is 0. The lowest BCUT2D eigenvalue weighted by Crippen LogP contribution is -2.52. The van der Waals surface area contributed by atoms with Gasteiger partial charge in [-0.15, -0.1) is 11.3 Å². The number of nitrogens with zero attached hydrogens (tertiary/aromatic N) is 2. The van der Waals surface area contributed by atoms with Gasteiger partial charge < -0.3 is 21.1 Å². The third kappa shape index (κ3) is 3.42. The molecule has 1 aliphatic heterocycles. The van der Waals surface area contributed by atoms with Crippen LogP contribution in [0.1, 0.15) is 25.0 Å². The van der Waals surface area contributed by atoms with Crippen LogP contribution in [0.4, 0.5) is 0 Å². The Morgan fingerprint density at radius 3 is 2.86 bits per heavy atom. The highest BCUT2D eigenvalue weighted by Crippen LogP contribution is 2.33. The summed E-state index contributed by atoms with van der Waals surface area (Å²) in [4.78, 5) is 40.8. The van der Waals surface area contributed by atoms with Gasteiger partial charge in [-0.25, -0.2) is 4.98 Å². The predicted molar refractivity (Wildman–Crippen MR) is 79.3 cm³/mol. The Bertz CT molecular complexity index is 560. The SMILES string of the molecule is C[C@H](N)C(=O)N1CCC(c2cscn2)[C@H]1C(=O)NCC(=O)O. The number of aliphatic carboxylic acids is 1. The Labute approximate surface area is 131 Å². The van der Waals surface area contributed by atoms with Crippen LogP contribution in [-0.4, -0.2) is 57.9 Å². The van der Waals surface area contributed by atoms with Gasteiger partial charge in [0, 0.05) is 17.8 Å². The van der Waals surface area contributed by atoms with Crippen LogP contribution < -0.4 is 11.1 Å². The van der Waals surface area contributed by atoms with Crippen molar-refractivity contribution in [3.05, 3.63) is 16.6 Å². The highest BCUT2D eigenvalue weighted by molar-refractivity contribution is 7.07. The first-order chi connectivity index (χ1) is 10.4. The zero-order valence-corrected chi connectivity index (χ0v) is 12.9. The number of thiazole rings is 1. The molecule has 1 aromatic rings. The van der Waals surface area contributed by atoms with E-state index in [0.717, 1.165) is 5.69 Å². The molecule has 0 saturated carbocycles. The van der Waals surface area contributed by atoms with E-state index in [1.807, 2.05) is 5.38 Å². The molecule has 22 heavy (non-hydrogen) atoms. The van der Waals surface area contributed by atoms with Crippen LogP contribution in [0.5, 0.6) is 0 Å². The number of hydrogen-bond acceptors (Lipinski definition) is 6. The van der Waals surface area contributed by atoms with Crippen molar-refractivity contribution < 1.29 is 19.5 Å². The largest absolute Gasteiger partial charge is 0.480 e. The summed E-state index contributed by atoms with van der Waals surface area (Å²) in [6, 6.07) is -1.50. The second kappa shape index (κ2) is 6.84. The van der Waals surface area contributed by atoms with Crippen molar-refractivity contribution in [3.8, 4) is 0 Å². The van der Waals surface area contributed by atoms with Gasteiger partial charge in [0.2, 0.25) is 11.8 Å². The molecule has 120 valence electrons. The maximum atomic E-state index is 12.4. The Kier molecular flexibility index (Phi) is 5.09. The van der Waals surface area contributed by atoms with E-state index in [-0.39, 0.29) is 11.8 Å². The lowest BCUT2D eigenvalue weighted by atomic mass is 9.96. The van der Waals surface area contributed by atoms with Crippen molar-refractivity contribution in [3.63, 3.8) is 0 Å². The van der Waals surface area contributed by atoms with E-state index in [2.05, 4.69) is 10.3 Å². The molecular formula is C13H18N4O4S. The molecule has 2 rings (SSSR count). The predicted octanol–water partition coefficient (Wildman–Crippen LogP) is -0.624. The van der Waals surface area contributed by atoms with Crippen molar-refractivity contribution in [2.24, 2.45) is 5.73 Å². The molecule has 1 aliphatic rings. The molecule has 0 aromatic carbocycles. The molecule has 2 amide bonds. The zero-order valence-electron chi connectivity index (χ0n) is 12.1. The number of nitrogens with two attached hydrogens (primary N) is 1. The Balaban J connectivity index is 2.23. The number of amides is 2. The molecule has 8 nitrogen and oxygen atoms in total. The molecule has 4 N–H and O–H groups in total. The van der Waals surface area contributed by atoms with Crippen LogP contribution in [0.3, 0.4) is 0 Å². The van der Waals surface area contributed by atoms with Crippen LogP contribution in [0.15, 0.2) is 10.9 Å². The van der Waals surface area contributed by atoms with Crippen LogP contribution >= 0.6 is 11.3 Å². The molecule has 0 radical (unpaired) electrons. The third-order valence-electron chi connectivity index (χ3n) is 3.58. The minimum atomic E-state index is -1.14.